The number of methoxy groups -OCH3 is 1. The number of hydrogen-bond acceptors (Lipinski definition) is 5. The summed E-state index contributed by atoms with van der Waals surface area (Å²) >= 11 is 1.34. The van der Waals surface area contributed by atoms with Gasteiger partial charge in [0.2, 0.25) is 0 Å². The summed E-state index contributed by atoms with van der Waals surface area (Å²) in [4.78, 5) is 4.05. The fourth-order valence-electron chi connectivity index (χ4n) is 2.23. The van der Waals surface area contributed by atoms with Crippen LogP contribution < -0.4 is 4.74 Å². The Morgan fingerprint density at radius 2 is 1.96 bits per heavy atom. The van der Waals surface area contributed by atoms with Gasteiger partial charge in [-0.05, 0) is 24.3 Å². The van der Waals surface area contributed by atoms with Gasteiger partial charge >= 0.3 is 0 Å². The lowest BCUT2D eigenvalue weighted by Crippen LogP contribution is -2.07. The van der Waals surface area contributed by atoms with Crippen LogP contribution in [0, 0.1) is 5.82 Å². The Labute approximate surface area is 143 Å². The van der Waals surface area contributed by atoms with Crippen LogP contribution >= 0.6 is 11.3 Å². The highest BCUT2D eigenvalue weighted by atomic mass is 32.2. The highest BCUT2D eigenvalue weighted by Crippen LogP contribution is 2.28. The molecule has 1 aromatic heterocycles. The Kier molecular flexibility index (Phi) is 4.64. The summed E-state index contributed by atoms with van der Waals surface area (Å²) in [5.41, 5.74) is 1.23. The van der Waals surface area contributed by atoms with Gasteiger partial charge in [0.1, 0.15) is 21.5 Å². The van der Waals surface area contributed by atoms with Crippen LogP contribution in [0.5, 0.6) is 5.75 Å². The molecule has 2 aromatic carbocycles. The van der Waals surface area contributed by atoms with E-state index in [9.17, 15) is 12.8 Å². The number of benzene rings is 2. The average Bonchev–Trinajstić information content (AvgIpc) is 3.03. The van der Waals surface area contributed by atoms with Crippen LogP contribution in [0.25, 0.3) is 10.6 Å². The van der Waals surface area contributed by atoms with E-state index in [0.717, 1.165) is 11.6 Å². The molecule has 3 aromatic rings. The molecule has 0 saturated heterocycles. The third-order valence-corrected chi connectivity index (χ3v) is 6.00. The van der Waals surface area contributed by atoms with Gasteiger partial charge in [0, 0.05) is 10.9 Å². The highest BCUT2D eigenvalue weighted by Gasteiger charge is 2.21. The number of nitrogens with zero attached hydrogens (tertiary/aromatic N) is 1. The van der Waals surface area contributed by atoms with E-state index in [0.29, 0.717) is 16.5 Å². The maximum atomic E-state index is 13.7. The zero-order chi connectivity index (χ0) is 17.2. The molecular weight excluding hydrogens is 349 g/mol. The quantitative estimate of drug-likeness (QED) is 0.689. The third kappa shape index (κ3) is 3.47. The van der Waals surface area contributed by atoms with E-state index in [4.69, 9.17) is 4.74 Å². The van der Waals surface area contributed by atoms with E-state index >= 15 is 0 Å². The number of aromatic nitrogens is 1. The Hall–Kier alpha value is -2.25. The molecule has 0 spiro atoms. The van der Waals surface area contributed by atoms with Gasteiger partial charge in [-0.1, -0.05) is 24.3 Å². The predicted molar refractivity (Wildman–Crippen MR) is 91.4 cm³/mol. The Bertz CT molecular complexity index is 967. The molecule has 0 radical (unpaired) electrons. The molecule has 0 aliphatic heterocycles. The van der Waals surface area contributed by atoms with Crippen LogP contribution in [0.4, 0.5) is 4.39 Å². The van der Waals surface area contributed by atoms with Gasteiger partial charge in [0.15, 0.2) is 9.84 Å². The molecule has 1 heterocycles. The van der Waals surface area contributed by atoms with Gasteiger partial charge in [-0.2, -0.15) is 0 Å². The van der Waals surface area contributed by atoms with Crippen LogP contribution in [0.3, 0.4) is 0 Å². The maximum Gasteiger partial charge on any atom is 0.186 e. The summed E-state index contributed by atoms with van der Waals surface area (Å²) in [6.45, 7) is 0. The molecule has 4 nitrogen and oxygen atoms in total. The molecule has 0 bridgehead atoms. The summed E-state index contributed by atoms with van der Waals surface area (Å²) in [6.07, 6.45) is 0. The molecule has 0 aliphatic carbocycles. The van der Waals surface area contributed by atoms with Crippen LogP contribution in [0.2, 0.25) is 0 Å². The van der Waals surface area contributed by atoms with Gasteiger partial charge in [0.05, 0.1) is 18.6 Å². The number of sulfone groups is 1. The van der Waals surface area contributed by atoms with Crippen molar-refractivity contribution in [1.29, 1.82) is 0 Å². The lowest BCUT2D eigenvalue weighted by Gasteiger charge is -2.04. The van der Waals surface area contributed by atoms with Crippen molar-refractivity contribution in [2.45, 2.75) is 10.6 Å². The van der Waals surface area contributed by atoms with Crippen LogP contribution in [-0.4, -0.2) is 20.5 Å². The van der Waals surface area contributed by atoms with Crippen molar-refractivity contribution in [2.24, 2.45) is 0 Å². The molecule has 0 N–H and O–H groups in total. The SMILES string of the molecule is COc1cccc(-c2nc(CS(=O)(=O)c3ccccc3F)cs2)c1. The van der Waals surface area contributed by atoms with Gasteiger partial charge in [-0.3, -0.25) is 0 Å². The predicted octanol–water partition coefficient (Wildman–Crippen LogP) is 3.93. The molecule has 0 atom stereocenters. The Morgan fingerprint density at radius 3 is 2.71 bits per heavy atom. The molecule has 24 heavy (non-hydrogen) atoms. The fraction of sp³-hybridized carbons (Fsp3) is 0.118. The zero-order valence-corrected chi connectivity index (χ0v) is 14.4. The molecule has 0 aliphatic rings. The fourth-order valence-corrected chi connectivity index (χ4v) is 4.50. The molecule has 7 heteroatoms. The summed E-state index contributed by atoms with van der Waals surface area (Å²) < 4.78 is 43.7. The maximum absolute atomic E-state index is 13.7. The molecule has 0 unspecified atom stereocenters. The molecular formula is C17H14FNO3S2. The second-order valence-electron chi connectivity index (χ2n) is 5.07. The molecule has 124 valence electrons. The first-order valence-electron chi connectivity index (χ1n) is 7.06. The van der Waals surface area contributed by atoms with Crippen molar-refractivity contribution < 1.29 is 17.5 Å². The minimum Gasteiger partial charge on any atom is -0.497 e. The van der Waals surface area contributed by atoms with Crippen molar-refractivity contribution in [1.82, 2.24) is 4.98 Å². The smallest absolute Gasteiger partial charge is 0.186 e. The van der Waals surface area contributed by atoms with E-state index in [2.05, 4.69) is 4.98 Å². The van der Waals surface area contributed by atoms with Crippen molar-refractivity contribution in [2.75, 3.05) is 7.11 Å². The van der Waals surface area contributed by atoms with E-state index in [1.165, 1.54) is 29.5 Å². The summed E-state index contributed by atoms with van der Waals surface area (Å²) in [5, 5.41) is 2.36. The molecule has 0 fully saturated rings. The van der Waals surface area contributed by atoms with Crippen molar-refractivity contribution >= 4 is 21.2 Å². The number of thiazole rings is 1. The topological polar surface area (TPSA) is 56.3 Å². The monoisotopic (exact) mass is 363 g/mol. The van der Waals surface area contributed by atoms with E-state index in [1.807, 2.05) is 24.3 Å². The number of hydrogen-bond donors (Lipinski definition) is 0. The lowest BCUT2D eigenvalue weighted by molar-refractivity contribution is 0.415. The van der Waals surface area contributed by atoms with Crippen LogP contribution in [-0.2, 0) is 15.6 Å². The molecule has 3 rings (SSSR count). The minimum absolute atomic E-state index is 0.305. The van der Waals surface area contributed by atoms with Gasteiger partial charge in [-0.15, -0.1) is 11.3 Å². The zero-order valence-electron chi connectivity index (χ0n) is 12.8. The van der Waals surface area contributed by atoms with Crippen molar-refractivity contribution in [3.05, 3.63) is 65.4 Å². The van der Waals surface area contributed by atoms with Gasteiger partial charge in [0.25, 0.3) is 0 Å². The second-order valence-corrected chi connectivity index (χ2v) is 7.88. The summed E-state index contributed by atoms with van der Waals surface area (Å²) in [5.74, 6) is -0.391. The average molecular weight is 363 g/mol. The Morgan fingerprint density at radius 1 is 1.17 bits per heavy atom. The van der Waals surface area contributed by atoms with Gasteiger partial charge in [-0.25, -0.2) is 17.8 Å². The van der Waals surface area contributed by atoms with Crippen molar-refractivity contribution in [3.8, 4) is 16.3 Å². The van der Waals surface area contributed by atoms with E-state index in [1.54, 1.807) is 12.5 Å². The molecule has 0 saturated carbocycles. The number of halogens is 1. The largest absolute Gasteiger partial charge is 0.497 e. The van der Waals surface area contributed by atoms with Gasteiger partial charge < -0.3 is 4.74 Å². The molecule has 0 amide bonds. The van der Waals surface area contributed by atoms with Crippen LogP contribution in [0.15, 0.2) is 58.8 Å². The second kappa shape index (κ2) is 6.70. The number of ether oxygens (including phenoxy) is 1. The Balaban J connectivity index is 1.87. The minimum atomic E-state index is -3.78. The van der Waals surface area contributed by atoms with Crippen molar-refractivity contribution in [3.63, 3.8) is 0 Å². The normalized spacial score (nSPS) is 11.4. The first-order chi connectivity index (χ1) is 11.5. The van der Waals surface area contributed by atoms with E-state index in [-0.39, 0.29) is 10.6 Å². The highest BCUT2D eigenvalue weighted by molar-refractivity contribution is 7.90. The van der Waals surface area contributed by atoms with Crippen LogP contribution in [0.1, 0.15) is 5.69 Å². The lowest BCUT2D eigenvalue weighted by atomic mass is 10.2. The standard InChI is InChI=1S/C17H14FNO3S2/c1-22-14-6-4-5-12(9-14)17-19-13(10-23-17)11-24(20,21)16-8-3-2-7-15(16)18/h2-10H,11H2,1H3. The summed E-state index contributed by atoms with van der Waals surface area (Å²) in [6, 6.07) is 12.7. The number of rotatable bonds is 5. The van der Waals surface area contributed by atoms with E-state index < -0.39 is 15.7 Å². The summed E-state index contributed by atoms with van der Waals surface area (Å²) in [7, 11) is -2.20. The first-order valence-corrected chi connectivity index (χ1v) is 9.59. The first kappa shape index (κ1) is 16.6. The third-order valence-electron chi connectivity index (χ3n) is 3.38.